The summed E-state index contributed by atoms with van der Waals surface area (Å²) in [5.41, 5.74) is 0. The highest BCUT2D eigenvalue weighted by atomic mass is 28.4. The fraction of sp³-hybridized carbons (Fsp3) is 0.727. The summed E-state index contributed by atoms with van der Waals surface area (Å²) in [6.45, 7) is 1.66. The van der Waals surface area contributed by atoms with E-state index in [1.807, 2.05) is 23.3 Å². The maximum atomic E-state index is 8.83. The molecule has 0 bridgehead atoms. The van der Waals surface area contributed by atoms with Crippen molar-refractivity contribution in [3.8, 4) is 0 Å². The topological polar surface area (TPSA) is 56.7 Å². The van der Waals surface area contributed by atoms with Gasteiger partial charge in [-0.05, 0) is 6.42 Å². The zero-order valence-corrected chi connectivity index (χ0v) is 12.3. The van der Waals surface area contributed by atoms with Gasteiger partial charge in [-0.3, -0.25) is 0 Å². The molecule has 0 aromatic carbocycles. The number of aromatic nitrogens is 2. The highest BCUT2D eigenvalue weighted by Crippen LogP contribution is 2.14. The Morgan fingerprint density at radius 2 is 1.89 bits per heavy atom. The molecule has 104 valence electrons. The van der Waals surface area contributed by atoms with Crippen LogP contribution in [0, 0.1) is 0 Å². The van der Waals surface area contributed by atoms with E-state index in [1.54, 1.807) is 21.3 Å². The van der Waals surface area contributed by atoms with Crippen LogP contribution in [0.5, 0.6) is 0 Å². The van der Waals surface area contributed by atoms with Gasteiger partial charge in [0.1, 0.15) is 18.9 Å². The number of aryl methyl sites for hydroxylation is 1. The maximum Gasteiger partial charge on any atom is 0.500 e. The van der Waals surface area contributed by atoms with Crippen LogP contribution in [0.3, 0.4) is 0 Å². The first-order chi connectivity index (χ1) is 8.69. The van der Waals surface area contributed by atoms with Crippen molar-refractivity contribution in [2.45, 2.75) is 25.6 Å². The molecule has 0 aliphatic rings. The van der Waals surface area contributed by atoms with Gasteiger partial charge < -0.3 is 18.4 Å². The molecule has 0 amide bonds. The fourth-order valence-electron chi connectivity index (χ4n) is 1.85. The van der Waals surface area contributed by atoms with Crippen LogP contribution in [0.4, 0.5) is 0 Å². The Balaban J connectivity index is 2.40. The number of aliphatic hydroxyl groups excluding tert-OH is 1. The summed E-state index contributed by atoms with van der Waals surface area (Å²) in [5.74, 6) is 0. The lowest BCUT2D eigenvalue weighted by Crippen LogP contribution is -2.43. The normalized spacial score (nSPS) is 12.0. The van der Waals surface area contributed by atoms with Crippen molar-refractivity contribution in [2.75, 3.05) is 27.9 Å². The Morgan fingerprint density at radius 1 is 1.22 bits per heavy atom. The summed E-state index contributed by atoms with van der Waals surface area (Å²) in [7, 11) is 2.45. The van der Waals surface area contributed by atoms with E-state index in [4.69, 9.17) is 18.4 Å². The molecular formula is C11H23N2O4Si+. The van der Waals surface area contributed by atoms with Crippen LogP contribution in [0.15, 0.2) is 18.7 Å². The van der Waals surface area contributed by atoms with Crippen molar-refractivity contribution in [3.05, 3.63) is 18.7 Å². The van der Waals surface area contributed by atoms with E-state index in [9.17, 15) is 0 Å². The fourth-order valence-corrected chi connectivity index (χ4v) is 3.56. The predicted octanol–water partition coefficient (Wildman–Crippen LogP) is 0.0361. The second-order valence-electron chi connectivity index (χ2n) is 4.01. The van der Waals surface area contributed by atoms with Gasteiger partial charge in [0.05, 0.1) is 13.2 Å². The van der Waals surface area contributed by atoms with Crippen molar-refractivity contribution in [1.82, 2.24) is 4.57 Å². The highest BCUT2D eigenvalue weighted by molar-refractivity contribution is 6.60. The molecular weight excluding hydrogens is 252 g/mol. The first-order valence-corrected chi connectivity index (χ1v) is 7.94. The van der Waals surface area contributed by atoms with E-state index in [0.717, 1.165) is 19.0 Å². The smallest absolute Gasteiger partial charge is 0.392 e. The summed E-state index contributed by atoms with van der Waals surface area (Å²) < 4.78 is 20.1. The molecule has 6 nitrogen and oxygen atoms in total. The van der Waals surface area contributed by atoms with Gasteiger partial charge in [-0.1, -0.05) is 0 Å². The molecule has 1 aromatic heterocycles. The van der Waals surface area contributed by atoms with Crippen LogP contribution in [0.25, 0.3) is 0 Å². The average molecular weight is 275 g/mol. The van der Waals surface area contributed by atoms with Crippen molar-refractivity contribution in [2.24, 2.45) is 0 Å². The molecule has 0 atom stereocenters. The van der Waals surface area contributed by atoms with Gasteiger partial charge in [0.15, 0.2) is 0 Å². The molecule has 1 heterocycles. The summed E-state index contributed by atoms with van der Waals surface area (Å²) in [6.07, 6.45) is 6.84. The van der Waals surface area contributed by atoms with E-state index >= 15 is 0 Å². The lowest BCUT2D eigenvalue weighted by atomic mass is 10.5. The monoisotopic (exact) mass is 275 g/mol. The zero-order chi connectivity index (χ0) is 13.4. The van der Waals surface area contributed by atoms with E-state index in [1.165, 1.54) is 0 Å². The second-order valence-corrected chi connectivity index (χ2v) is 7.10. The van der Waals surface area contributed by atoms with Crippen LogP contribution < -0.4 is 4.57 Å². The molecule has 0 aliphatic heterocycles. The third-order valence-corrected chi connectivity index (χ3v) is 5.77. The minimum absolute atomic E-state index is 0.154. The van der Waals surface area contributed by atoms with Crippen LogP contribution in [-0.2, 0) is 26.4 Å². The van der Waals surface area contributed by atoms with Crippen LogP contribution in [0.1, 0.15) is 6.42 Å². The number of hydrogen-bond donors (Lipinski definition) is 1. The summed E-state index contributed by atoms with van der Waals surface area (Å²) in [6, 6.07) is 0.786. The van der Waals surface area contributed by atoms with E-state index < -0.39 is 8.80 Å². The Morgan fingerprint density at radius 3 is 2.44 bits per heavy atom. The first-order valence-electron chi connectivity index (χ1n) is 6.01. The quantitative estimate of drug-likeness (QED) is 0.510. The Kier molecular flexibility index (Phi) is 6.51. The van der Waals surface area contributed by atoms with E-state index in [-0.39, 0.29) is 6.61 Å². The van der Waals surface area contributed by atoms with Crippen molar-refractivity contribution in [1.29, 1.82) is 0 Å². The number of imidazole rings is 1. The largest absolute Gasteiger partial charge is 0.500 e. The molecule has 0 fully saturated rings. The molecule has 1 N–H and O–H groups in total. The SMILES string of the molecule is CO[Si](CCC[n+]1ccn(CCO)c1)(OC)OC. The van der Waals surface area contributed by atoms with Gasteiger partial charge in [-0.25, -0.2) is 9.13 Å². The Hall–Kier alpha value is -0.733. The number of hydrogen-bond acceptors (Lipinski definition) is 4. The van der Waals surface area contributed by atoms with Crippen molar-refractivity contribution in [3.63, 3.8) is 0 Å². The predicted molar refractivity (Wildman–Crippen MR) is 67.9 cm³/mol. The van der Waals surface area contributed by atoms with Gasteiger partial charge >= 0.3 is 8.80 Å². The molecule has 0 aliphatic carbocycles. The number of aliphatic hydroxyl groups is 1. The first kappa shape index (κ1) is 15.3. The minimum Gasteiger partial charge on any atom is -0.392 e. The molecule has 1 aromatic rings. The van der Waals surface area contributed by atoms with Gasteiger partial charge in [0, 0.05) is 27.4 Å². The third-order valence-electron chi connectivity index (χ3n) is 2.94. The van der Waals surface area contributed by atoms with Crippen LogP contribution in [-0.4, -0.2) is 46.4 Å². The van der Waals surface area contributed by atoms with Crippen LogP contribution in [0.2, 0.25) is 6.04 Å². The molecule has 0 spiro atoms. The maximum absolute atomic E-state index is 8.83. The van der Waals surface area contributed by atoms with Gasteiger partial charge in [0.25, 0.3) is 0 Å². The van der Waals surface area contributed by atoms with Crippen molar-refractivity contribution < 1.29 is 23.0 Å². The molecule has 0 saturated carbocycles. The summed E-state index contributed by atoms with van der Waals surface area (Å²) >= 11 is 0. The summed E-state index contributed by atoms with van der Waals surface area (Å²) in [5, 5.41) is 8.83. The number of nitrogens with zero attached hydrogens (tertiary/aromatic N) is 2. The number of rotatable bonds is 9. The van der Waals surface area contributed by atoms with Gasteiger partial charge in [-0.2, -0.15) is 0 Å². The third kappa shape index (κ3) is 4.18. The van der Waals surface area contributed by atoms with E-state index in [0.29, 0.717) is 6.54 Å². The molecule has 18 heavy (non-hydrogen) atoms. The lowest BCUT2D eigenvalue weighted by Gasteiger charge is -2.23. The lowest BCUT2D eigenvalue weighted by molar-refractivity contribution is -0.696. The second kappa shape index (κ2) is 7.65. The molecule has 0 radical (unpaired) electrons. The van der Waals surface area contributed by atoms with Crippen molar-refractivity contribution >= 4 is 8.80 Å². The molecule has 7 heteroatoms. The van der Waals surface area contributed by atoms with E-state index in [2.05, 4.69) is 4.57 Å². The average Bonchev–Trinajstić information content (AvgIpc) is 2.84. The highest BCUT2D eigenvalue weighted by Gasteiger charge is 2.37. The molecule has 0 saturated heterocycles. The van der Waals surface area contributed by atoms with Gasteiger partial charge in [0.2, 0.25) is 6.33 Å². The Labute approximate surface area is 109 Å². The van der Waals surface area contributed by atoms with Gasteiger partial charge in [-0.15, -0.1) is 0 Å². The standard InChI is InChI=1S/C11H23N2O4Si/c1-15-18(16-2,17-3)10-4-5-12-6-7-13(11-12)8-9-14/h6-7,11,14H,4-5,8-10H2,1-3H3/q+1. The van der Waals surface area contributed by atoms with Crippen LogP contribution >= 0.6 is 0 Å². The Bertz CT molecular complexity index is 333. The molecule has 0 unspecified atom stereocenters. The summed E-state index contributed by atoms with van der Waals surface area (Å²) in [4.78, 5) is 0. The molecule has 1 rings (SSSR count). The minimum atomic E-state index is -2.44. The zero-order valence-electron chi connectivity index (χ0n) is 11.3.